The van der Waals surface area contributed by atoms with E-state index in [9.17, 15) is 4.79 Å². The zero-order valence-corrected chi connectivity index (χ0v) is 10.8. The molecular formula is C12H26N2O2. The molecule has 0 radical (unpaired) electrons. The lowest BCUT2D eigenvalue weighted by molar-refractivity contribution is -0.121. The predicted octanol–water partition coefficient (Wildman–Crippen LogP) is 1.44. The average molecular weight is 230 g/mol. The number of amides is 1. The summed E-state index contributed by atoms with van der Waals surface area (Å²) in [7, 11) is 0. The van der Waals surface area contributed by atoms with Crippen molar-refractivity contribution in [2.24, 2.45) is 5.73 Å². The quantitative estimate of drug-likeness (QED) is 0.589. The Morgan fingerprint density at radius 2 is 2.06 bits per heavy atom. The van der Waals surface area contributed by atoms with Gasteiger partial charge in [0.2, 0.25) is 5.91 Å². The number of hydrogen-bond acceptors (Lipinski definition) is 3. The van der Waals surface area contributed by atoms with Gasteiger partial charge < -0.3 is 15.8 Å². The summed E-state index contributed by atoms with van der Waals surface area (Å²) in [6.45, 7) is 7.94. The second kappa shape index (κ2) is 8.53. The largest absolute Gasteiger partial charge is 0.380 e. The highest BCUT2D eigenvalue weighted by Gasteiger charge is 2.12. The summed E-state index contributed by atoms with van der Waals surface area (Å²) < 4.78 is 5.33. The molecule has 1 amide bonds. The molecule has 4 heteroatoms. The molecule has 0 spiro atoms. The molecule has 0 saturated heterocycles. The normalized spacial score (nSPS) is 11.5. The molecule has 0 aliphatic heterocycles. The van der Waals surface area contributed by atoms with E-state index in [2.05, 4.69) is 12.2 Å². The maximum atomic E-state index is 11.4. The summed E-state index contributed by atoms with van der Waals surface area (Å²) in [5.74, 6) is 0.0533. The highest BCUT2D eigenvalue weighted by Crippen LogP contribution is 2.06. The van der Waals surface area contributed by atoms with Gasteiger partial charge in [0.25, 0.3) is 0 Å². The molecule has 0 unspecified atom stereocenters. The molecule has 0 heterocycles. The van der Waals surface area contributed by atoms with Crippen LogP contribution in [0, 0.1) is 0 Å². The maximum absolute atomic E-state index is 11.4. The van der Waals surface area contributed by atoms with Crippen LogP contribution in [0.1, 0.15) is 46.5 Å². The van der Waals surface area contributed by atoms with E-state index in [1.54, 1.807) is 0 Å². The lowest BCUT2D eigenvalue weighted by Gasteiger charge is -2.17. The minimum absolute atomic E-state index is 0.0533. The monoisotopic (exact) mass is 230 g/mol. The molecule has 0 fully saturated rings. The second-order valence-corrected chi connectivity index (χ2v) is 4.80. The lowest BCUT2D eigenvalue weighted by Crippen LogP contribution is -2.35. The smallest absolute Gasteiger partial charge is 0.220 e. The Morgan fingerprint density at radius 3 is 2.62 bits per heavy atom. The first-order valence-electron chi connectivity index (χ1n) is 6.09. The van der Waals surface area contributed by atoms with E-state index < -0.39 is 0 Å². The SMILES string of the molecule is CCCCOCCNC(=O)CCC(C)(C)N. The molecule has 0 saturated carbocycles. The molecule has 0 atom stereocenters. The highest BCUT2D eigenvalue weighted by molar-refractivity contribution is 5.75. The first-order chi connectivity index (χ1) is 7.45. The van der Waals surface area contributed by atoms with E-state index in [-0.39, 0.29) is 11.4 Å². The molecule has 0 bridgehead atoms. The van der Waals surface area contributed by atoms with Crippen molar-refractivity contribution in [1.29, 1.82) is 0 Å². The van der Waals surface area contributed by atoms with Crippen LogP contribution in [0.25, 0.3) is 0 Å². The minimum atomic E-state index is -0.269. The van der Waals surface area contributed by atoms with E-state index in [1.807, 2.05) is 13.8 Å². The Bertz CT molecular complexity index is 188. The lowest BCUT2D eigenvalue weighted by atomic mass is 10.00. The van der Waals surface area contributed by atoms with Crippen LogP contribution in [0.3, 0.4) is 0 Å². The van der Waals surface area contributed by atoms with Gasteiger partial charge >= 0.3 is 0 Å². The zero-order valence-electron chi connectivity index (χ0n) is 10.8. The number of nitrogens with two attached hydrogens (primary N) is 1. The number of rotatable bonds is 9. The Labute approximate surface area is 98.9 Å². The van der Waals surface area contributed by atoms with Gasteiger partial charge in [-0.2, -0.15) is 0 Å². The standard InChI is InChI=1S/C12H26N2O2/c1-4-5-9-16-10-8-14-11(15)6-7-12(2,3)13/h4-10,13H2,1-3H3,(H,14,15). The second-order valence-electron chi connectivity index (χ2n) is 4.80. The molecule has 16 heavy (non-hydrogen) atoms. The fourth-order valence-electron chi connectivity index (χ4n) is 1.14. The van der Waals surface area contributed by atoms with Gasteiger partial charge in [0.1, 0.15) is 0 Å². The summed E-state index contributed by atoms with van der Waals surface area (Å²) in [6, 6.07) is 0. The zero-order chi connectivity index (χ0) is 12.4. The number of unbranched alkanes of at least 4 members (excludes halogenated alkanes) is 1. The van der Waals surface area contributed by atoms with Gasteiger partial charge in [-0.15, -0.1) is 0 Å². The third-order valence-corrected chi connectivity index (χ3v) is 2.21. The summed E-state index contributed by atoms with van der Waals surface area (Å²) in [4.78, 5) is 11.4. The summed E-state index contributed by atoms with van der Waals surface area (Å²) in [5.41, 5.74) is 5.52. The molecule has 0 rings (SSSR count). The number of carbonyl (C=O) groups excluding carboxylic acids is 1. The van der Waals surface area contributed by atoms with E-state index in [1.165, 1.54) is 0 Å². The van der Waals surface area contributed by atoms with E-state index in [0.717, 1.165) is 19.4 Å². The fourth-order valence-corrected chi connectivity index (χ4v) is 1.14. The van der Waals surface area contributed by atoms with Crippen LogP contribution in [0.5, 0.6) is 0 Å². The van der Waals surface area contributed by atoms with Crippen molar-refractivity contribution in [2.75, 3.05) is 19.8 Å². The predicted molar refractivity (Wildman–Crippen MR) is 66.2 cm³/mol. The Kier molecular flexibility index (Phi) is 8.21. The van der Waals surface area contributed by atoms with Gasteiger partial charge in [0.05, 0.1) is 6.61 Å². The van der Waals surface area contributed by atoms with Crippen molar-refractivity contribution in [1.82, 2.24) is 5.32 Å². The van der Waals surface area contributed by atoms with Crippen LogP contribution in [0.2, 0.25) is 0 Å². The van der Waals surface area contributed by atoms with E-state index in [4.69, 9.17) is 10.5 Å². The highest BCUT2D eigenvalue weighted by atomic mass is 16.5. The Hall–Kier alpha value is -0.610. The van der Waals surface area contributed by atoms with Gasteiger partial charge in [-0.25, -0.2) is 0 Å². The Morgan fingerprint density at radius 1 is 1.38 bits per heavy atom. The Balaban J connectivity index is 3.31. The summed E-state index contributed by atoms with van der Waals surface area (Å²) >= 11 is 0. The molecule has 3 N–H and O–H groups in total. The maximum Gasteiger partial charge on any atom is 0.220 e. The third kappa shape index (κ3) is 11.5. The first-order valence-corrected chi connectivity index (χ1v) is 6.09. The van der Waals surface area contributed by atoms with Crippen molar-refractivity contribution in [2.45, 2.75) is 52.0 Å². The molecule has 0 aromatic heterocycles. The average Bonchev–Trinajstić information content (AvgIpc) is 2.19. The molecule has 0 aromatic carbocycles. The molecule has 0 aliphatic carbocycles. The fraction of sp³-hybridized carbons (Fsp3) is 0.917. The molecular weight excluding hydrogens is 204 g/mol. The van der Waals surface area contributed by atoms with Crippen molar-refractivity contribution in [3.8, 4) is 0 Å². The van der Waals surface area contributed by atoms with Gasteiger partial charge in [-0.1, -0.05) is 13.3 Å². The molecule has 0 aliphatic rings. The molecule has 0 aromatic rings. The third-order valence-electron chi connectivity index (χ3n) is 2.21. The van der Waals surface area contributed by atoms with Crippen LogP contribution >= 0.6 is 0 Å². The van der Waals surface area contributed by atoms with Crippen LogP contribution in [0.15, 0.2) is 0 Å². The van der Waals surface area contributed by atoms with Gasteiger partial charge in [0.15, 0.2) is 0 Å². The summed E-state index contributed by atoms with van der Waals surface area (Å²) in [6.07, 6.45) is 3.40. The van der Waals surface area contributed by atoms with Gasteiger partial charge in [0, 0.05) is 25.1 Å². The van der Waals surface area contributed by atoms with Crippen LogP contribution in [0.4, 0.5) is 0 Å². The van der Waals surface area contributed by atoms with E-state index >= 15 is 0 Å². The number of ether oxygens (including phenoxy) is 1. The van der Waals surface area contributed by atoms with Crippen LogP contribution < -0.4 is 11.1 Å². The topological polar surface area (TPSA) is 64.3 Å². The van der Waals surface area contributed by atoms with Crippen LogP contribution in [-0.4, -0.2) is 31.2 Å². The van der Waals surface area contributed by atoms with Crippen molar-refractivity contribution < 1.29 is 9.53 Å². The van der Waals surface area contributed by atoms with Crippen LogP contribution in [-0.2, 0) is 9.53 Å². The van der Waals surface area contributed by atoms with Crippen molar-refractivity contribution >= 4 is 5.91 Å². The van der Waals surface area contributed by atoms with Crippen molar-refractivity contribution in [3.63, 3.8) is 0 Å². The number of nitrogens with one attached hydrogen (secondary N) is 1. The first kappa shape index (κ1) is 15.4. The van der Waals surface area contributed by atoms with E-state index in [0.29, 0.717) is 26.0 Å². The minimum Gasteiger partial charge on any atom is -0.380 e. The number of hydrogen-bond donors (Lipinski definition) is 2. The summed E-state index contributed by atoms with van der Waals surface area (Å²) in [5, 5.41) is 2.81. The number of carbonyl (C=O) groups is 1. The van der Waals surface area contributed by atoms with Gasteiger partial charge in [-0.3, -0.25) is 4.79 Å². The molecule has 4 nitrogen and oxygen atoms in total. The molecule has 96 valence electrons. The van der Waals surface area contributed by atoms with Gasteiger partial charge in [-0.05, 0) is 26.7 Å². The van der Waals surface area contributed by atoms with Crippen molar-refractivity contribution in [3.05, 3.63) is 0 Å².